The van der Waals surface area contributed by atoms with Crippen LogP contribution in [0, 0.1) is 0 Å². The van der Waals surface area contributed by atoms with Crippen molar-refractivity contribution in [3.8, 4) is 0 Å². The van der Waals surface area contributed by atoms with Gasteiger partial charge in [-0.2, -0.15) is 13.2 Å². The molecule has 0 bridgehead atoms. The highest BCUT2D eigenvalue weighted by Crippen LogP contribution is 2.44. The fraction of sp³-hybridized carbons (Fsp3) is 1.00. The van der Waals surface area contributed by atoms with E-state index in [0.717, 1.165) is 0 Å². The van der Waals surface area contributed by atoms with Crippen molar-refractivity contribution < 1.29 is 22.6 Å². The molecule has 0 aromatic carbocycles. The van der Waals surface area contributed by atoms with Gasteiger partial charge in [0.05, 0.1) is 13.2 Å². The molecule has 1 saturated carbocycles. The fourth-order valence-corrected chi connectivity index (χ4v) is 1.94. The van der Waals surface area contributed by atoms with Crippen molar-refractivity contribution in [3.05, 3.63) is 0 Å². The molecule has 0 saturated heterocycles. The molecule has 0 amide bonds. The lowest BCUT2D eigenvalue weighted by Gasteiger charge is -2.40. The van der Waals surface area contributed by atoms with Crippen molar-refractivity contribution in [1.82, 2.24) is 0 Å². The van der Waals surface area contributed by atoms with E-state index >= 15 is 0 Å². The Morgan fingerprint density at radius 2 is 1.81 bits per heavy atom. The van der Waals surface area contributed by atoms with Crippen LogP contribution in [0.25, 0.3) is 0 Å². The number of halogens is 3. The Labute approximate surface area is 93.1 Å². The number of methoxy groups -OCH3 is 1. The zero-order chi connectivity index (χ0) is 12.2. The van der Waals surface area contributed by atoms with Gasteiger partial charge in [-0.15, -0.1) is 0 Å². The topological polar surface area (TPSA) is 44.5 Å². The van der Waals surface area contributed by atoms with Crippen LogP contribution in [0.5, 0.6) is 0 Å². The predicted molar refractivity (Wildman–Crippen MR) is 53.1 cm³/mol. The van der Waals surface area contributed by atoms with Gasteiger partial charge in [-0.1, -0.05) is 0 Å². The van der Waals surface area contributed by atoms with E-state index in [-0.39, 0.29) is 32.1 Å². The molecule has 0 unspecified atom stereocenters. The van der Waals surface area contributed by atoms with Gasteiger partial charge in [-0.25, -0.2) is 0 Å². The summed E-state index contributed by atoms with van der Waals surface area (Å²) in [4.78, 5) is 0. The minimum Gasteiger partial charge on any atom is -0.382 e. The first-order valence-electron chi connectivity index (χ1n) is 5.36. The molecular weight excluding hydrogens is 223 g/mol. The molecule has 0 aromatic heterocycles. The molecular formula is C10H18F3NO2. The van der Waals surface area contributed by atoms with Gasteiger partial charge in [0.2, 0.25) is 0 Å². The van der Waals surface area contributed by atoms with Crippen LogP contribution in [0.1, 0.15) is 25.7 Å². The Hall–Kier alpha value is -0.330. The number of alkyl halides is 3. The maximum Gasteiger partial charge on any atom is 0.417 e. The Morgan fingerprint density at radius 3 is 2.25 bits per heavy atom. The van der Waals surface area contributed by atoms with Gasteiger partial charge in [0.1, 0.15) is 0 Å². The third-order valence-electron chi connectivity index (χ3n) is 3.02. The first kappa shape index (κ1) is 13.7. The van der Waals surface area contributed by atoms with Crippen LogP contribution in [0.3, 0.4) is 0 Å². The second kappa shape index (κ2) is 5.33. The molecule has 2 N–H and O–H groups in total. The van der Waals surface area contributed by atoms with Gasteiger partial charge in [-0.3, -0.25) is 0 Å². The van der Waals surface area contributed by atoms with Crippen molar-refractivity contribution in [2.24, 2.45) is 5.73 Å². The monoisotopic (exact) mass is 241 g/mol. The van der Waals surface area contributed by atoms with Gasteiger partial charge >= 0.3 is 6.18 Å². The number of hydrogen-bond acceptors (Lipinski definition) is 3. The summed E-state index contributed by atoms with van der Waals surface area (Å²) >= 11 is 0. The summed E-state index contributed by atoms with van der Waals surface area (Å²) in [5.41, 5.74) is 3.59. The van der Waals surface area contributed by atoms with Crippen LogP contribution < -0.4 is 5.73 Å². The summed E-state index contributed by atoms with van der Waals surface area (Å²) in [5, 5.41) is 0. The maximum atomic E-state index is 12.9. The number of hydrogen-bond donors (Lipinski definition) is 1. The maximum absolute atomic E-state index is 12.9. The lowest BCUT2D eigenvalue weighted by atomic mass is 9.81. The molecule has 6 heteroatoms. The highest BCUT2D eigenvalue weighted by Gasteiger charge is 2.56. The van der Waals surface area contributed by atoms with E-state index in [1.54, 1.807) is 0 Å². The largest absolute Gasteiger partial charge is 0.417 e. The van der Waals surface area contributed by atoms with E-state index in [9.17, 15) is 13.2 Å². The van der Waals surface area contributed by atoms with E-state index in [0.29, 0.717) is 12.8 Å². The van der Waals surface area contributed by atoms with Crippen molar-refractivity contribution >= 4 is 0 Å². The summed E-state index contributed by atoms with van der Waals surface area (Å²) in [6, 6.07) is -0.137. The van der Waals surface area contributed by atoms with E-state index in [1.807, 2.05) is 0 Å². The average Bonchev–Trinajstić information content (AvgIpc) is 2.20. The second-order valence-electron chi connectivity index (χ2n) is 4.17. The van der Waals surface area contributed by atoms with Crippen LogP contribution in [-0.4, -0.2) is 38.1 Å². The molecule has 1 aliphatic carbocycles. The summed E-state index contributed by atoms with van der Waals surface area (Å²) in [5.74, 6) is 0. The van der Waals surface area contributed by atoms with Crippen molar-refractivity contribution in [3.63, 3.8) is 0 Å². The van der Waals surface area contributed by atoms with Gasteiger partial charge < -0.3 is 15.2 Å². The van der Waals surface area contributed by atoms with Crippen molar-refractivity contribution in [2.45, 2.75) is 43.5 Å². The molecule has 16 heavy (non-hydrogen) atoms. The second-order valence-corrected chi connectivity index (χ2v) is 4.17. The fourth-order valence-electron chi connectivity index (χ4n) is 1.94. The number of nitrogens with two attached hydrogens (primary N) is 1. The molecule has 1 fully saturated rings. The highest BCUT2D eigenvalue weighted by atomic mass is 19.4. The Morgan fingerprint density at radius 1 is 1.25 bits per heavy atom. The molecule has 0 aliphatic heterocycles. The minimum absolute atomic E-state index is 0.0365. The smallest absolute Gasteiger partial charge is 0.382 e. The summed E-state index contributed by atoms with van der Waals surface area (Å²) < 4.78 is 48.5. The average molecular weight is 241 g/mol. The lowest BCUT2D eigenvalue weighted by Crippen LogP contribution is -2.52. The van der Waals surface area contributed by atoms with Crippen molar-refractivity contribution in [2.75, 3.05) is 20.3 Å². The molecule has 0 heterocycles. The minimum atomic E-state index is -4.33. The third-order valence-corrected chi connectivity index (χ3v) is 3.02. The number of ether oxygens (including phenoxy) is 2. The summed E-state index contributed by atoms with van der Waals surface area (Å²) in [7, 11) is 1.43. The quantitative estimate of drug-likeness (QED) is 0.764. The van der Waals surface area contributed by atoms with Gasteiger partial charge in [-0.05, 0) is 25.7 Å². The molecule has 3 nitrogen and oxygen atoms in total. The molecule has 0 spiro atoms. The van der Waals surface area contributed by atoms with Gasteiger partial charge in [0.25, 0.3) is 0 Å². The normalized spacial score (nSPS) is 31.7. The SMILES string of the molecule is COCCOC1(C(F)(F)F)CCC(N)CC1. The van der Waals surface area contributed by atoms with Crippen LogP contribution in [0.15, 0.2) is 0 Å². The van der Waals surface area contributed by atoms with Gasteiger partial charge in [0.15, 0.2) is 5.60 Å². The Bertz CT molecular complexity index is 213. The van der Waals surface area contributed by atoms with Crippen molar-refractivity contribution in [1.29, 1.82) is 0 Å². The lowest BCUT2D eigenvalue weighted by molar-refractivity contribution is -0.290. The van der Waals surface area contributed by atoms with E-state index in [2.05, 4.69) is 0 Å². The zero-order valence-electron chi connectivity index (χ0n) is 9.35. The third kappa shape index (κ3) is 3.09. The van der Waals surface area contributed by atoms with Crippen LogP contribution >= 0.6 is 0 Å². The standard InChI is InChI=1S/C10H18F3NO2/c1-15-6-7-16-9(10(11,12)13)4-2-8(14)3-5-9/h8H,2-7,14H2,1H3. The Kier molecular flexibility index (Phi) is 4.58. The Balaban J connectivity index is 2.62. The zero-order valence-corrected chi connectivity index (χ0v) is 9.35. The molecule has 1 aliphatic rings. The van der Waals surface area contributed by atoms with E-state index in [1.165, 1.54) is 7.11 Å². The molecule has 0 radical (unpaired) electrons. The highest BCUT2D eigenvalue weighted by molar-refractivity contribution is 4.94. The van der Waals surface area contributed by atoms with E-state index in [4.69, 9.17) is 15.2 Å². The van der Waals surface area contributed by atoms with E-state index < -0.39 is 11.8 Å². The van der Waals surface area contributed by atoms with Crippen LogP contribution in [-0.2, 0) is 9.47 Å². The summed E-state index contributed by atoms with van der Waals surface area (Å²) in [6.07, 6.45) is -3.73. The van der Waals surface area contributed by atoms with Crippen LogP contribution in [0.2, 0.25) is 0 Å². The van der Waals surface area contributed by atoms with Gasteiger partial charge in [0, 0.05) is 13.2 Å². The summed E-state index contributed by atoms with van der Waals surface area (Å²) in [6.45, 7) is 0.134. The molecule has 96 valence electrons. The first-order valence-corrected chi connectivity index (χ1v) is 5.36. The molecule has 1 rings (SSSR count). The first-order chi connectivity index (χ1) is 7.41. The number of rotatable bonds is 4. The molecule has 0 aromatic rings. The predicted octanol–water partition coefficient (Wildman–Crippen LogP) is 1.85. The molecule has 0 atom stereocenters. The van der Waals surface area contributed by atoms with Crippen LogP contribution in [0.4, 0.5) is 13.2 Å².